The number of methoxy groups -OCH3 is 1. The molecule has 0 fully saturated rings. The Labute approximate surface area is 77.0 Å². The first kappa shape index (κ1) is 10.1. The summed E-state index contributed by atoms with van der Waals surface area (Å²) in [5.41, 5.74) is 0. The summed E-state index contributed by atoms with van der Waals surface area (Å²) in [6.07, 6.45) is 4.27. The number of halogens is 1. The maximum atomic E-state index is 4.84. The van der Waals surface area contributed by atoms with Gasteiger partial charge in [0.05, 0.1) is 7.11 Å². The quantitative estimate of drug-likeness (QED) is 0.562. The van der Waals surface area contributed by atoms with Gasteiger partial charge < -0.3 is 9.72 Å². The molecule has 0 atom stereocenters. The van der Waals surface area contributed by atoms with Crippen LogP contribution in [0.2, 0.25) is 0 Å². The zero-order valence-electron chi connectivity index (χ0n) is 5.67. The van der Waals surface area contributed by atoms with E-state index in [0.717, 1.165) is 5.75 Å². The Morgan fingerprint density at radius 1 is 1.70 bits per heavy atom. The van der Waals surface area contributed by atoms with E-state index >= 15 is 0 Å². The molecular weight excluding hydrogens is 247 g/mol. The summed E-state index contributed by atoms with van der Waals surface area (Å²) < 4.78 is 4.84. The fourth-order valence-corrected chi connectivity index (χ4v) is 0.430. The summed E-state index contributed by atoms with van der Waals surface area (Å²) in [5, 5.41) is 0. The summed E-state index contributed by atoms with van der Waals surface area (Å²) in [6, 6.07) is 3.45. The van der Waals surface area contributed by atoms with E-state index in [1.807, 2.05) is 0 Å². The summed E-state index contributed by atoms with van der Waals surface area (Å²) in [6.45, 7) is 0. The summed E-state index contributed by atoms with van der Waals surface area (Å²) in [7, 11) is 1.61. The minimum absolute atomic E-state index is 0.792. The number of pyridine rings is 1. The van der Waals surface area contributed by atoms with Crippen LogP contribution in [0.15, 0.2) is 18.3 Å². The van der Waals surface area contributed by atoms with Gasteiger partial charge in [0.2, 0.25) is 0 Å². The molecule has 0 unspecified atom stereocenters. The fraction of sp³-hybridized carbons (Fsp3) is 0.167. The van der Waals surface area contributed by atoms with Crippen molar-refractivity contribution in [2.45, 2.75) is 0 Å². The van der Waals surface area contributed by atoms with Crippen molar-refractivity contribution in [2.24, 2.45) is 0 Å². The van der Waals surface area contributed by atoms with E-state index in [2.05, 4.69) is 24.8 Å². The zero-order chi connectivity index (χ0) is 7.82. The minimum atomic E-state index is 0.792. The van der Waals surface area contributed by atoms with Gasteiger partial charge in [0.25, 0.3) is 0 Å². The molecule has 0 spiro atoms. The molecule has 2 nitrogen and oxygen atoms in total. The molecule has 0 amide bonds. The van der Waals surface area contributed by atoms with Crippen LogP contribution >= 0.6 is 13.6 Å². The van der Waals surface area contributed by atoms with Crippen molar-refractivity contribution in [3.63, 3.8) is 0 Å². The molecule has 0 aliphatic heterocycles. The molecule has 0 aliphatic carbocycles. The van der Waals surface area contributed by atoms with E-state index < -0.39 is 0 Å². The topological polar surface area (TPSA) is 22.1 Å². The predicted molar refractivity (Wildman–Crippen MR) is 38.6 cm³/mol. The molecule has 0 saturated carbocycles. The van der Waals surface area contributed by atoms with Crippen LogP contribution in [0.5, 0.6) is 5.75 Å². The van der Waals surface area contributed by atoms with Crippen molar-refractivity contribution in [3.05, 3.63) is 24.5 Å². The average Bonchev–Trinajstić information content (AvgIpc) is 2.10. The predicted octanol–water partition coefficient (Wildman–Crippen LogP) is 1.73. The second-order valence-corrected chi connectivity index (χ2v) is 1.32. The first-order valence-electron chi connectivity index (χ1n) is 2.56. The standard InChI is InChI=1S/C6H6NO.BrH.Zn/c1-8-6-2-4-7-5-3-6;;/h2-4H,1H3;1H;/q-1;;+2/p-1. The Hall–Kier alpha value is 0.0534. The molecule has 0 aliphatic rings. The van der Waals surface area contributed by atoms with Gasteiger partial charge in [0.1, 0.15) is 0 Å². The molecule has 0 saturated heterocycles. The summed E-state index contributed by atoms with van der Waals surface area (Å²) in [4.78, 5) is 3.69. The van der Waals surface area contributed by atoms with Gasteiger partial charge in [-0.05, 0) is 0 Å². The maximum absolute atomic E-state index is 4.84. The van der Waals surface area contributed by atoms with E-state index in [1.54, 1.807) is 25.4 Å². The third-order valence-corrected chi connectivity index (χ3v) is 0.830. The van der Waals surface area contributed by atoms with Crippen LogP contribution in [0.25, 0.3) is 0 Å². The molecule has 0 N–H and O–H groups in total. The van der Waals surface area contributed by atoms with Gasteiger partial charge in [-0.2, -0.15) is 0 Å². The van der Waals surface area contributed by atoms with Crippen molar-refractivity contribution < 1.29 is 21.1 Å². The van der Waals surface area contributed by atoms with Crippen LogP contribution in [-0.4, -0.2) is 12.1 Å². The van der Waals surface area contributed by atoms with Crippen molar-refractivity contribution >= 4 is 13.6 Å². The monoisotopic (exact) mass is 251 g/mol. The summed E-state index contributed by atoms with van der Waals surface area (Å²) in [5.74, 6) is 0.792. The van der Waals surface area contributed by atoms with Crippen molar-refractivity contribution in [3.8, 4) is 5.75 Å². The molecule has 0 bridgehead atoms. The molecule has 10 heavy (non-hydrogen) atoms. The number of nitrogens with zero attached hydrogens (tertiary/aromatic N) is 1. The molecule has 1 rings (SSSR count). The first-order valence-corrected chi connectivity index (χ1v) is 9.51. The number of aromatic nitrogens is 1. The Morgan fingerprint density at radius 2 is 2.40 bits per heavy atom. The second kappa shape index (κ2) is 7.16. The Bertz CT molecular complexity index is 159. The molecule has 0 radical (unpaired) electrons. The van der Waals surface area contributed by atoms with Crippen LogP contribution in [0.3, 0.4) is 0 Å². The van der Waals surface area contributed by atoms with Crippen molar-refractivity contribution in [1.29, 1.82) is 0 Å². The van der Waals surface area contributed by atoms with Crippen LogP contribution in [0.4, 0.5) is 0 Å². The van der Waals surface area contributed by atoms with Crippen LogP contribution in [0, 0.1) is 6.20 Å². The molecule has 1 aromatic rings. The number of ether oxygens (including phenoxy) is 1. The Balaban J connectivity index is 0.000000371. The molecule has 0 aromatic carbocycles. The van der Waals surface area contributed by atoms with Crippen LogP contribution in [0.1, 0.15) is 0 Å². The van der Waals surface area contributed by atoms with Gasteiger partial charge in [0, 0.05) is 5.75 Å². The molecule has 1 aromatic heterocycles. The second-order valence-electron chi connectivity index (χ2n) is 1.32. The average molecular weight is 253 g/mol. The number of rotatable bonds is 1. The molecule has 1 heterocycles. The van der Waals surface area contributed by atoms with E-state index in [0.29, 0.717) is 0 Å². The molecular formula is C6H6BrNOZn. The van der Waals surface area contributed by atoms with E-state index in [9.17, 15) is 0 Å². The third kappa shape index (κ3) is 3.96. The normalized spacial score (nSPS) is 7.60. The van der Waals surface area contributed by atoms with Crippen molar-refractivity contribution in [2.75, 3.05) is 7.11 Å². The van der Waals surface area contributed by atoms with E-state index in [1.165, 1.54) is 16.3 Å². The van der Waals surface area contributed by atoms with Crippen LogP contribution in [-0.2, 0) is 16.3 Å². The molecule has 4 heteroatoms. The van der Waals surface area contributed by atoms with Crippen molar-refractivity contribution in [1.82, 2.24) is 4.98 Å². The SMILES string of the molecule is COc1c[c-]ncc1.[Zn+][Br]. The Morgan fingerprint density at radius 3 is 2.70 bits per heavy atom. The van der Waals surface area contributed by atoms with Gasteiger partial charge in [0.15, 0.2) is 0 Å². The first-order chi connectivity index (χ1) is 4.93. The fourth-order valence-electron chi connectivity index (χ4n) is 0.430. The number of hydrogen-bond acceptors (Lipinski definition) is 2. The van der Waals surface area contributed by atoms with E-state index in [-0.39, 0.29) is 0 Å². The zero-order valence-corrected chi connectivity index (χ0v) is 10.2. The van der Waals surface area contributed by atoms with Gasteiger partial charge in [-0.1, -0.05) is 12.4 Å². The van der Waals surface area contributed by atoms with Gasteiger partial charge in [-0.15, -0.1) is 12.1 Å². The number of hydrogen-bond donors (Lipinski definition) is 0. The third-order valence-electron chi connectivity index (χ3n) is 0.830. The van der Waals surface area contributed by atoms with Crippen LogP contribution < -0.4 is 4.74 Å². The molecule has 50 valence electrons. The Kier molecular flexibility index (Phi) is 7.20. The van der Waals surface area contributed by atoms with Gasteiger partial charge >= 0.3 is 30.0 Å². The van der Waals surface area contributed by atoms with Gasteiger partial charge in [-0.3, -0.25) is 0 Å². The summed E-state index contributed by atoms with van der Waals surface area (Å²) >= 11 is 4.25. The van der Waals surface area contributed by atoms with E-state index in [4.69, 9.17) is 4.74 Å². The van der Waals surface area contributed by atoms with Gasteiger partial charge in [-0.25, -0.2) is 0 Å².